The van der Waals surface area contributed by atoms with Gasteiger partial charge in [-0.15, -0.1) is 0 Å². The van der Waals surface area contributed by atoms with Crippen molar-refractivity contribution in [1.82, 2.24) is 4.90 Å². The summed E-state index contributed by atoms with van der Waals surface area (Å²) in [6, 6.07) is 27.7. The van der Waals surface area contributed by atoms with Gasteiger partial charge in [-0.25, -0.2) is 9.98 Å². The summed E-state index contributed by atoms with van der Waals surface area (Å²) in [5, 5.41) is 2.54. The molecule has 10 rings (SSSR count). The number of benzene rings is 4. The van der Waals surface area contributed by atoms with E-state index in [1.54, 1.807) is 27.9 Å². The molecule has 6 aliphatic rings. The molecule has 0 saturated heterocycles. The molecule has 2 aliphatic heterocycles. The van der Waals surface area contributed by atoms with Gasteiger partial charge in [0.2, 0.25) is 0 Å². The lowest BCUT2D eigenvalue weighted by Gasteiger charge is -2.48. The monoisotopic (exact) mass is 678 g/mol. The van der Waals surface area contributed by atoms with Crippen LogP contribution in [-0.4, -0.2) is 22.6 Å². The van der Waals surface area contributed by atoms with E-state index in [-0.39, 0.29) is 6.04 Å². The number of anilines is 2. The molecular weight excluding hydrogens is 633 g/mol. The second-order valence-electron chi connectivity index (χ2n) is 15.4. The van der Waals surface area contributed by atoms with Gasteiger partial charge in [-0.05, 0) is 133 Å². The lowest BCUT2D eigenvalue weighted by molar-refractivity contribution is 0.248. The fourth-order valence-electron chi connectivity index (χ4n) is 10.2. The molecule has 0 N–H and O–H groups in total. The minimum absolute atomic E-state index is 0.274. The normalized spacial score (nSPS) is 21.5. The molecule has 0 amide bonds. The summed E-state index contributed by atoms with van der Waals surface area (Å²) in [6.07, 6.45) is 23.6. The van der Waals surface area contributed by atoms with Crippen LogP contribution in [0.4, 0.5) is 11.4 Å². The van der Waals surface area contributed by atoms with E-state index >= 15 is 0 Å². The smallest absolute Gasteiger partial charge is 0.113 e. The molecule has 2 heterocycles. The van der Waals surface area contributed by atoms with Crippen molar-refractivity contribution in [3.63, 3.8) is 0 Å². The van der Waals surface area contributed by atoms with E-state index in [4.69, 9.17) is 9.98 Å². The van der Waals surface area contributed by atoms with Crippen LogP contribution in [0.5, 0.6) is 0 Å². The number of nitrogens with zero attached hydrogens (tertiary/aromatic N) is 4. The van der Waals surface area contributed by atoms with Crippen LogP contribution in [-0.2, 0) is 12.8 Å². The minimum Gasteiger partial charge on any atom is -0.346 e. The van der Waals surface area contributed by atoms with E-state index in [1.807, 2.05) is 6.20 Å². The van der Waals surface area contributed by atoms with Crippen LogP contribution in [0, 0.1) is 6.92 Å². The third-order valence-corrected chi connectivity index (χ3v) is 12.5. The number of hydrogen-bond donors (Lipinski definition) is 0. The minimum atomic E-state index is 0.274. The number of aliphatic imine (C=N–C) groups is 2. The molecule has 4 aromatic rings. The van der Waals surface area contributed by atoms with Crippen molar-refractivity contribution in [2.45, 2.75) is 90.1 Å². The van der Waals surface area contributed by atoms with Gasteiger partial charge in [-0.2, -0.15) is 0 Å². The molecule has 4 aliphatic carbocycles. The summed E-state index contributed by atoms with van der Waals surface area (Å²) in [4.78, 5) is 15.5. The molecule has 4 heteroatoms. The highest BCUT2D eigenvalue weighted by Gasteiger charge is 2.42. The van der Waals surface area contributed by atoms with E-state index in [9.17, 15) is 0 Å². The number of rotatable bonds is 4. The van der Waals surface area contributed by atoms with Crippen molar-refractivity contribution in [2.75, 3.05) is 4.90 Å². The first-order chi connectivity index (χ1) is 25.7. The van der Waals surface area contributed by atoms with Crippen LogP contribution in [0.25, 0.3) is 22.4 Å². The maximum absolute atomic E-state index is 5.15. The summed E-state index contributed by atoms with van der Waals surface area (Å²) >= 11 is 0. The fourth-order valence-corrected chi connectivity index (χ4v) is 10.2. The molecule has 2 atom stereocenters. The van der Waals surface area contributed by atoms with Gasteiger partial charge >= 0.3 is 0 Å². The highest BCUT2D eigenvalue weighted by atomic mass is 15.2. The number of aryl methyl sites for hydroxylation is 1. The Balaban J connectivity index is 1.18. The second kappa shape index (κ2) is 12.8. The van der Waals surface area contributed by atoms with Gasteiger partial charge in [0.05, 0.1) is 23.5 Å². The van der Waals surface area contributed by atoms with Gasteiger partial charge in [0, 0.05) is 30.6 Å². The van der Waals surface area contributed by atoms with Crippen LogP contribution < -0.4 is 4.90 Å². The zero-order valence-corrected chi connectivity index (χ0v) is 30.4. The first kappa shape index (κ1) is 31.5. The predicted octanol–water partition coefficient (Wildman–Crippen LogP) is 11.9. The molecule has 0 fully saturated rings. The van der Waals surface area contributed by atoms with Crippen molar-refractivity contribution in [3.05, 3.63) is 154 Å². The van der Waals surface area contributed by atoms with Crippen molar-refractivity contribution in [2.24, 2.45) is 9.98 Å². The Hall–Kier alpha value is -5.22. The molecule has 4 nitrogen and oxygen atoms in total. The van der Waals surface area contributed by atoms with Gasteiger partial charge in [0.15, 0.2) is 0 Å². The van der Waals surface area contributed by atoms with E-state index in [0.717, 1.165) is 70.0 Å². The van der Waals surface area contributed by atoms with E-state index < -0.39 is 0 Å². The van der Waals surface area contributed by atoms with Crippen molar-refractivity contribution in [3.8, 4) is 0 Å². The van der Waals surface area contributed by atoms with Crippen molar-refractivity contribution >= 4 is 45.5 Å². The third-order valence-electron chi connectivity index (χ3n) is 12.5. The van der Waals surface area contributed by atoms with Gasteiger partial charge < -0.3 is 4.90 Å². The third kappa shape index (κ3) is 5.02. The Labute approximate surface area is 308 Å². The first-order valence-electron chi connectivity index (χ1n) is 19.5. The first-order valence-corrected chi connectivity index (χ1v) is 19.5. The van der Waals surface area contributed by atoms with E-state index in [0.29, 0.717) is 6.04 Å². The highest BCUT2D eigenvalue weighted by Crippen LogP contribution is 2.54. The molecule has 0 saturated carbocycles. The standard InChI is InChI=1S/C48H46N4/c1-31-29-43(51(45-21-7-9-27-49-45)41-19-11-15-33-13-3-5-17-37(33)41)39-26-24-36-32(2)30-44(40-25-23-35(31)47(39)48(36)40)52(46-22-8-10-28-50-46)42-20-12-16-34-14-4-6-18-38(34)42/h3-6,9-19,27-29,42,44H,7-8,20-26,30H2,1-2H3/t42?,44-/m1/s1. The number of hydrogen-bond acceptors (Lipinski definition) is 4. The van der Waals surface area contributed by atoms with Crippen molar-refractivity contribution < 1.29 is 0 Å². The summed E-state index contributed by atoms with van der Waals surface area (Å²) < 4.78 is 0. The molecule has 0 bridgehead atoms. The highest BCUT2D eigenvalue weighted by molar-refractivity contribution is 6.12. The molecule has 0 radical (unpaired) electrons. The van der Waals surface area contributed by atoms with Gasteiger partial charge in [-0.3, -0.25) is 4.90 Å². The number of fused-ring (bicyclic) bond motifs is 2. The van der Waals surface area contributed by atoms with E-state index in [2.05, 4.69) is 127 Å². The maximum Gasteiger partial charge on any atom is 0.113 e. The largest absolute Gasteiger partial charge is 0.346 e. The molecular formula is C48H46N4. The van der Waals surface area contributed by atoms with Crippen LogP contribution in [0.15, 0.2) is 130 Å². The molecule has 0 spiro atoms. The second-order valence-corrected chi connectivity index (χ2v) is 15.4. The Morgan fingerprint density at radius 2 is 1.44 bits per heavy atom. The summed E-state index contributed by atoms with van der Waals surface area (Å²) in [7, 11) is 0. The lowest BCUT2D eigenvalue weighted by atomic mass is 9.66. The average molecular weight is 679 g/mol. The Morgan fingerprint density at radius 3 is 2.29 bits per heavy atom. The average Bonchev–Trinajstić information content (AvgIpc) is 3.20. The zero-order chi connectivity index (χ0) is 34.8. The van der Waals surface area contributed by atoms with E-state index in [1.165, 1.54) is 55.8 Å². The van der Waals surface area contributed by atoms with Crippen LogP contribution >= 0.6 is 0 Å². The molecule has 0 aromatic heterocycles. The molecule has 1 unspecified atom stereocenters. The quantitative estimate of drug-likeness (QED) is 0.215. The SMILES string of the molecule is CC1=C2CCc3c(N(C4=NC=CCC4)c4cccc5ccccc45)cc(C)c4c3C2=C(CC4)[C@H](N(C2=NC=CCC2)C2CC=Cc3ccccc32)C1. The maximum atomic E-state index is 5.15. The van der Waals surface area contributed by atoms with Gasteiger partial charge in [0.1, 0.15) is 11.7 Å². The summed E-state index contributed by atoms with van der Waals surface area (Å²) in [6.45, 7) is 4.80. The lowest BCUT2D eigenvalue weighted by Crippen LogP contribution is -2.47. The fraction of sp³-hybridized carbons (Fsp3) is 0.292. The van der Waals surface area contributed by atoms with Crippen LogP contribution in [0.2, 0.25) is 0 Å². The summed E-state index contributed by atoms with van der Waals surface area (Å²) in [5.41, 5.74) is 17.7. The summed E-state index contributed by atoms with van der Waals surface area (Å²) in [5.74, 6) is 2.39. The molecule has 258 valence electrons. The van der Waals surface area contributed by atoms with Crippen LogP contribution in [0.1, 0.15) is 97.7 Å². The molecule has 4 aromatic carbocycles. The molecule has 52 heavy (non-hydrogen) atoms. The topological polar surface area (TPSA) is 31.2 Å². The van der Waals surface area contributed by atoms with Crippen LogP contribution in [0.3, 0.4) is 0 Å². The van der Waals surface area contributed by atoms with Gasteiger partial charge in [-0.1, -0.05) is 90.5 Å². The van der Waals surface area contributed by atoms with Gasteiger partial charge in [0.25, 0.3) is 0 Å². The Bertz CT molecular complexity index is 2360. The number of amidine groups is 2. The Kier molecular flexibility index (Phi) is 7.74. The Morgan fingerprint density at radius 1 is 0.673 bits per heavy atom. The number of allylic oxidation sites excluding steroid dienone is 4. The predicted molar refractivity (Wildman–Crippen MR) is 218 cm³/mol. The zero-order valence-electron chi connectivity index (χ0n) is 30.4. The van der Waals surface area contributed by atoms with Crippen molar-refractivity contribution in [1.29, 1.82) is 0 Å².